The van der Waals surface area contributed by atoms with E-state index in [2.05, 4.69) is 11.9 Å². The molecule has 1 aromatic carbocycles. The van der Waals surface area contributed by atoms with Gasteiger partial charge in [0.2, 0.25) is 0 Å². The van der Waals surface area contributed by atoms with Crippen LogP contribution < -0.4 is 0 Å². The van der Waals surface area contributed by atoms with Crippen molar-refractivity contribution in [2.24, 2.45) is 0 Å². The van der Waals surface area contributed by atoms with E-state index < -0.39 is 5.60 Å². The molecule has 0 bridgehead atoms. The third kappa shape index (κ3) is 2.26. The van der Waals surface area contributed by atoms with Crippen molar-refractivity contribution in [3.8, 4) is 0 Å². The fourth-order valence-electron chi connectivity index (χ4n) is 2.14. The van der Waals surface area contributed by atoms with Gasteiger partial charge in [0.1, 0.15) is 5.60 Å². The average molecular weight is 221 g/mol. The molecule has 1 unspecified atom stereocenters. The molecule has 0 amide bonds. The molecular weight excluding hydrogens is 202 g/mol. The zero-order chi connectivity index (χ0) is 11.4. The second kappa shape index (κ2) is 4.95. The Morgan fingerprint density at radius 1 is 1.31 bits per heavy atom. The summed E-state index contributed by atoms with van der Waals surface area (Å²) in [5, 5.41) is 9.66. The van der Waals surface area contributed by atoms with E-state index in [0.29, 0.717) is 6.61 Å². The summed E-state index contributed by atoms with van der Waals surface area (Å²) in [5.41, 5.74) is 0.569. The lowest BCUT2D eigenvalue weighted by Crippen LogP contribution is -2.34. The molecule has 0 saturated carbocycles. The van der Waals surface area contributed by atoms with Gasteiger partial charge in [0, 0.05) is 13.1 Å². The lowest BCUT2D eigenvalue weighted by Gasteiger charge is -2.31. The van der Waals surface area contributed by atoms with Crippen molar-refractivity contribution in [3.63, 3.8) is 0 Å². The molecule has 16 heavy (non-hydrogen) atoms. The van der Waals surface area contributed by atoms with Gasteiger partial charge in [-0.1, -0.05) is 30.3 Å². The van der Waals surface area contributed by atoms with E-state index >= 15 is 0 Å². The van der Waals surface area contributed by atoms with Crippen molar-refractivity contribution in [2.75, 3.05) is 33.4 Å². The Bertz CT molecular complexity index is 328. The maximum atomic E-state index is 9.66. The first-order valence-electron chi connectivity index (χ1n) is 5.76. The van der Waals surface area contributed by atoms with Crippen molar-refractivity contribution < 1.29 is 9.84 Å². The van der Waals surface area contributed by atoms with Crippen LogP contribution in [0, 0.1) is 0 Å². The Hall–Kier alpha value is -0.900. The van der Waals surface area contributed by atoms with Crippen molar-refractivity contribution in [2.45, 2.75) is 12.0 Å². The van der Waals surface area contributed by atoms with Gasteiger partial charge in [-0.15, -0.1) is 0 Å². The van der Waals surface area contributed by atoms with E-state index in [1.54, 1.807) is 0 Å². The summed E-state index contributed by atoms with van der Waals surface area (Å²) >= 11 is 0. The maximum absolute atomic E-state index is 9.66. The van der Waals surface area contributed by atoms with E-state index in [0.717, 1.165) is 25.1 Å². The molecule has 1 fully saturated rings. The van der Waals surface area contributed by atoms with Gasteiger partial charge in [-0.25, -0.2) is 0 Å². The summed E-state index contributed by atoms with van der Waals surface area (Å²) in [6.45, 7) is 2.60. The van der Waals surface area contributed by atoms with E-state index in [1.165, 1.54) is 0 Å². The molecule has 3 heteroatoms. The van der Waals surface area contributed by atoms with Crippen LogP contribution in [0.4, 0.5) is 0 Å². The first kappa shape index (κ1) is 11.6. The van der Waals surface area contributed by atoms with Crippen molar-refractivity contribution in [3.05, 3.63) is 35.9 Å². The van der Waals surface area contributed by atoms with Crippen LogP contribution in [0.5, 0.6) is 0 Å². The molecule has 2 rings (SSSR count). The van der Waals surface area contributed by atoms with Crippen LogP contribution in [0.25, 0.3) is 0 Å². The van der Waals surface area contributed by atoms with Gasteiger partial charge in [0.15, 0.2) is 0 Å². The Balaban J connectivity index is 2.25. The summed E-state index contributed by atoms with van der Waals surface area (Å²) in [5.74, 6) is 0. The van der Waals surface area contributed by atoms with Crippen LogP contribution in [0.1, 0.15) is 12.0 Å². The Morgan fingerprint density at radius 3 is 2.75 bits per heavy atom. The number of benzene rings is 1. The molecule has 3 nitrogen and oxygen atoms in total. The molecule has 1 N–H and O–H groups in total. The number of rotatable bonds is 2. The zero-order valence-electron chi connectivity index (χ0n) is 9.72. The van der Waals surface area contributed by atoms with Crippen LogP contribution in [-0.4, -0.2) is 43.4 Å². The number of hydrogen-bond donors (Lipinski definition) is 1. The molecular formula is C13H19NO2. The average Bonchev–Trinajstić information content (AvgIpc) is 2.53. The molecule has 1 heterocycles. The number of hydrogen-bond acceptors (Lipinski definition) is 3. The summed E-state index contributed by atoms with van der Waals surface area (Å²) in [6, 6.07) is 10.0. The minimum absolute atomic E-state index is 0.0465. The van der Waals surface area contributed by atoms with E-state index in [1.807, 2.05) is 30.3 Å². The van der Waals surface area contributed by atoms with E-state index in [9.17, 15) is 5.11 Å². The van der Waals surface area contributed by atoms with Crippen LogP contribution in [0.15, 0.2) is 30.3 Å². The summed E-state index contributed by atoms with van der Waals surface area (Å²) in [4.78, 5) is 2.24. The van der Waals surface area contributed by atoms with E-state index in [4.69, 9.17) is 4.74 Å². The molecule has 0 spiro atoms. The second-order valence-corrected chi connectivity index (χ2v) is 4.42. The molecule has 1 aliphatic rings. The predicted octanol–water partition coefficient (Wildman–Crippen LogP) is 1.23. The molecule has 1 atom stereocenters. The summed E-state index contributed by atoms with van der Waals surface area (Å²) < 4.78 is 5.90. The zero-order valence-corrected chi connectivity index (χ0v) is 9.72. The van der Waals surface area contributed by atoms with Crippen LogP contribution in [0.3, 0.4) is 0 Å². The Kier molecular flexibility index (Phi) is 3.59. The topological polar surface area (TPSA) is 32.7 Å². The van der Waals surface area contributed by atoms with Gasteiger partial charge in [-0.2, -0.15) is 0 Å². The third-order valence-corrected chi connectivity index (χ3v) is 3.30. The largest absolute Gasteiger partial charge is 0.393 e. The minimum atomic E-state index is -0.508. The molecule has 0 aromatic heterocycles. The fraction of sp³-hybridized carbons (Fsp3) is 0.538. The lowest BCUT2D eigenvalue weighted by atomic mass is 9.91. The molecule has 1 aliphatic heterocycles. The smallest absolute Gasteiger partial charge is 0.117 e. The Labute approximate surface area is 96.6 Å². The van der Waals surface area contributed by atoms with Crippen molar-refractivity contribution in [1.82, 2.24) is 4.90 Å². The summed E-state index contributed by atoms with van der Waals surface area (Å²) in [7, 11) is 2.09. The van der Waals surface area contributed by atoms with Gasteiger partial charge in [0.25, 0.3) is 0 Å². The molecule has 0 aliphatic carbocycles. The Morgan fingerprint density at radius 2 is 2.06 bits per heavy atom. The molecule has 1 aromatic rings. The summed E-state index contributed by atoms with van der Waals surface area (Å²) in [6.07, 6.45) is 0.837. The number of aliphatic hydroxyl groups excluding tert-OH is 1. The first-order valence-corrected chi connectivity index (χ1v) is 5.76. The highest BCUT2D eigenvalue weighted by Crippen LogP contribution is 2.30. The van der Waals surface area contributed by atoms with E-state index in [-0.39, 0.29) is 6.61 Å². The second-order valence-electron chi connectivity index (χ2n) is 4.42. The first-order chi connectivity index (χ1) is 7.77. The third-order valence-electron chi connectivity index (χ3n) is 3.30. The fourth-order valence-corrected chi connectivity index (χ4v) is 2.14. The SMILES string of the molecule is CN1CCOC(CO)(c2ccccc2)CC1. The van der Waals surface area contributed by atoms with Crippen molar-refractivity contribution in [1.29, 1.82) is 0 Å². The van der Waals surface area contributed by atoms with Crippen molar-refractivity contribution >= 4 is 0 Å². The van der Waals surface area contributed by atoms with Crippen LogP contribution in [0.2, 0.25) is 0 Å². The van der Waals surface area contributed by atoms with Gasteiger partial charge in [0.05, 0.1) is 13.2 Å². The maximum Gasteiger partial charge on any atom is 0.117 e. The highest BCUT2D eigenvalue weighted by molar-refractivity contribution is 5.23. The van der Waals surface area contributed by atoms with Crippen LogP contribution >= 0.6 is 0 Å². The van der Waals surface area contributed by atoms with Gasteiger partial charge in [-0.3, -0.25) is 0 Å². The number of likely N-dealkylation sites (N-methyl/N-ethyl adjacent to an activating group) is 1. The number of aliphatic hydroxyl groups is 1. The highest BCUT2D eigenvalue weighted by atomic mass is 16.5. The highest BCUT2D eigenvalue weighted by Gasteiger charge is 2.34. The van der Waals surface area contributed by atoms with Gasteiger partial charge < -0.3 is 14.7 Å². The van der Waals surface area contributed by atoms with Crippen LogP contribution in [-0.2, 0) is 10.3 Å². The molecule has 1 saturated heterocycles. The quantitative estimate of drug-likeness (QED) is 0.815. The molecule has 88 valence electrons. The predicted molar refractivity (Wildman–Crippen MR) is 63.3 cm³/mol. The number of nitrogens with zero attached hydrogens (tertiary/aromatic N) is 1. The van der Waals surface area contributed by atoms with Gasteiger partial charge >= 0.3 is 0 Å². The minimum Gasteiger partial charge on any atom is -0.393 e. The monoisotopic (exact) mass is 221 g/mol. The normalized spacial score (nSPS) is 27.6. The lowest BCUT2D eigenvalue weighted by molar-refractivity contribution is -0.0792. The van der Waals surface area contributed by atoms with Gasteiger partial charge in [-0.05, 0) is 19.0 Å². The standard InChI is InChI=1S/C13H19NO2/c1-14-8-7-13(11-15,16-10-9-14)12-5-3-2-4-6-12/h2-6,15H,7-11H2,1H3. The number of ether oxygens (including phenoxy) is 1. The molecule has 0 radical (unpaired) electrons.